The molecule has 0 bridgehead atoms. The van der Waals surface area contributed by atoms with Crippen LogP contribution >= 0.6 is 22.7 Å². The number of aryl methyl sites for hydroxylation is 2. The average molecular weight is 453 g/mol. The van der Waals surface area contributed by atoms with Gasteiger partial charge in [0.05, 0.1) is 6.42 Å². The van der Waals surface area contributed by atoms with E-state index in [0.717, 1.165) is 52.3 Å². The van der Waals surface area contributed by atoms with E-state index in [1.165, 1.54) is 11.3 Å². The zero-order valence-corrected chi connectivity index (χ0v) is 19.6. The lowest BCUT2D eigenvalue weighted by Crippen LogP contribution is -2.46. The molecule has 4 rings (SSSR count). The molecule has 2 aromatic heterocycles. The molecule has 1 fully saturated rings. The van der Waals surface area contributed by atoms with E-state index in [-0.39, 0.29) is 24.3 Å². The SMILES string of the molecule is Cc1ccc(N(C(=O)Cc2cccs2)[C@H](C(=O)NC2CCCC2)c2cccs2)c(C)c1. The summed E-state index contributed by atoms with van der Waals surface area (Å²) in [6.45, 7) is 4.05. The quantitative estimate of drug-likeness (QED) is 0.492. The summed E-state index contributed by atoms with van der Waals surface area (Å²) < 4.78 is 0. The first kappa shape index (κ1) is 21.8. The molecule has 0 saturated heterocycles. The molecule has 1 saturated carbocycles. The third kappa shape index (κ3) is 5.08. The van der Waals surface area contributed by atoms with E-state index in [1.54, 1.807) is 16.2 Å². The molecule has 1 aliphatic rings. The lowest BCUT2D eigenvalue weighted by molar-refractivity contribution is -0.126. The molecule has 1 atom stereocenters. The van der Waals surface area contributed by atoms with Gasteiger partial charge in [0, 0.05) is 21.5 Å². The number of hydrogen-bond acceptors (Lipinski definition) is 4. The van der Waals surface area contributed by atoms with Crippen LogP contribution in [-0.2, 0) is 16.0 Å². The van der Waals surface area contributed by atoms with Gasteiger partial charge in [0.1, 0.15) is 6.04 Å². The van der Waals surface area contributed by atoms with Gasteiger partial charge in [-0.3, -0.25) is 14.5 Å². The van der Waals surface area contributed by atoms with Crippen LogP contribution in [-0.4, -0.2) is 17.9 Å². The minimum Gasteiger partial charge on any atom is -0.351 e. The van der Waals surface area contributed by atoms with Crippen molar-refractivity contribution in [1.82, 2.24) is 5.32 Å². The molecule has 162 valence electrons. The highest BCUT2D eigenvalue weighted by atomic mass is 32.1. The molecule has 0 radical (unpaired) electrons. The summed E-state index contributed by atoms with van der Waals surface area (Å²) in [5, 5.41) is 7.19. The van der Waals surface area contributed by atoms with Crippen molar-refractivity contribution in [2.24, 2.45) is 0 Å². The molecule has 0 spiro atoms. The second-order valence-electron chi connectivity index (χ2n) is 8.22. The topological polar surface area (TPSA) is 49.4 Å². The maximum atomic E-state index is 13.7. The standard InChI is InChI=1S/C25H28N2O2S2/c1-17-11-12-21(18(2)15-17)27(23(28)16-20-9-5-13-30-20)24(22-10-6-14-31-22)25(29)26-19-7-3-4-8-19/h5-6,9-15,19,24H,3-4,7-8,16H2,1-2H3,(H,26,29)/t24-/m0/s1. The molecule has 2 heterocycles. The zero-order chi connectivity index (χ0) is 21.8. The van der Waals surface area contributed by atoms with E-state index in [9.17, 15) is 9.59 Å². The number of hydrogen-bond donors (Lipinski definition) is 1. The number of amides is 2. The average Bonchev–Trinajstić information content (AvgIpc) is 3.50. The van der Waals surface area contributed by atoms with E-state index >= 15 is 0 Å². The predicted molar refractivity (Wildman–Crippen MR) is 129 cm³/mol. The number of nitrogens with one attached hydrogen (secondary N) is 1. The molecule has 4 nitrogen and oxygen atoms in total. The van der Waals surface area contributed by atoms with Crippen LogP contribution in [0.3, 0.4) is 0 Å². The van der Waals surface area contributed by atoms with E-state index < -0.39 is 6.04 Å². The van der Waals surface area contributed by atoms with Gasteiger partial charge in [-0.05, 0) is 61.2 Å². The fourth-order valence-corrected chi connectivity index (χ4v) is 5.82. The summed E-state index contributed by atoms with van der Waals surface area (Å²) in [6.07, 6.45) is 4.59. The van der Waals surface area contributed by atoms with Crippen molar-refractivity contribution >= 4 is 40.2 Å². The minimum absolute atomic E-state index is 0.0608. The Balaban J connectivity index is 1.75. The Morgan fingerprint density at radius 2 is 1.81 bits per heavy atom. The van der Waals surface area contributed by atoms with Crippen molar-refractivity contribution in [2.75, 3.05) is 4.90 Å². The molecule has 6 heteroatoms. The molecule has 1 aliphatic carbocycles. The summed E-state index contributed by atoms with van der Waals surface area (Å²) in [6, 6.07) is 13.4. The molecule has 1 N–H and O–H groups in total. The van der Waals surface area contributed by atoms with Crippen molar-refractivity contribution in [3.63, 3.8) is 0 Å². The van der Waals surface area contributed by atoms with Crippen molar-refractivity contribution in [2.45, 2.75) is 58.0 Å². The summed E-state index contributed by atoms with van der Waals surface area (Å²) in [5.74, 6) is -0.150. The molecule has 1 aromatic carbocycles. The number of thiophene rings is 2. The molecule has 2 amide bonds. The third-order valence-electron chi connectivity index (χ3n) is 5.81. The third-order valence-corrected chi connectivity index (χ3v) is 7.61. The fourth-order valence-electron chi connectivity index (χ4n) is 4.31. The first-order chi connectivity index (χ1) is 15.0. The van der Waals surface area contributed by atoms with E-state index in [2.05, 4.69) is 11.4 Å². The van der Waals surface area contributed by atoms with Gasteiger partial charge in [0.25, 0.3) is 0 Å². The monoisotopic (exact) mass is 452 g/mol. The number of carbonyl (C=O) groups excluding carboxylic acids is 2. The Hall–Kier alpha value is -2.44. The van der Waals surface area contributed by atoms with Crippen molar-refractivity contribution in [3.05, 3.63) is 74.1 Å². The van der Waals surface area contributed by atoms with Crippen LogP contribution in [0.2, 0.25) is 0 Å². The first-order valence-corrected chi connectivity index (χ1v) is 12.5. The maximum absolute atomic E-state index is 13.7. The summed E-state index contributed by atoms with van der Waals surface area (Å²) in [7, 11) is 0. The van der Waals surface area contributed by atoms with Crippen molar-refractivity contribution < 1.29 is 9.59 Å². The van der Waals surface area contributed by atoms with Crippen LogP contribution < -0.4 is 10.2 Å². The van der Waals surface area contributed by atoms with Crippen LogP contribution in [0.1, 0.15) is 52.6 Å². The summed E-state index contributed by atoms with van der Waals surface area (Å²) in [5.41, 5.74) is 2.93. The molecular formula is C25H28N2O2S2. The predicted octanol–water partition coefficient (Wildman–Crippen LogP) is 5.80. The van der Waals surface area contributed by atoms with Gasteiger partial charge in [-0.2, -0.15) is 0 Å². The van der Waals surface area contributed by atoms with Crippen LogP contribution in [0.4, 0.5) is 5.69 Å². The number of nitrogens with zero attached hydrogens (tertiary/aromatic N) is 1. The highest BCUT2D eigenvalue weighted by Crippen LogP contribution is 2.34. The Bertz CT molecular complexity index is 1020. The van der Waals surface area contributed by atoms with Gasteiger partial charge in [-0.1, -0.05) is 42.7 Å². The number of benzene rings is 1. The Kier molecular flexibility index (Phi) is 6.88. The van der Waals surface area contributed by atoms with Crippen LogP contribution in [0.25, 0.3) is 0 Å². The van der Waals surface area contributed by atoms with Gasteiger partial charge in [0.2, 0.25) is 11.8 Å². The number of carbonyl (C=O) groups is 2. The molecule has 3 aromatic rings. The fraction of sp³-hybridized carbons (Fsp3) is 0.360. The molecule has 0 aliphatic heterocycles. The molecule has 31 heavy (non-hydrogen) atoms. The molecule has 0 unspecified atom stereocenters. The van der Waals surface area contributed by atoms with Crippen molar-refractivity contribution in [1.29, 1.82) is 0 Å². The second kappa shape index (κ2) is 9.79. The maximum Gasteiger partial charge on any atom is 0.248 e. The first-order valence-electron chi connectivity index (χ1n) is 10.8. The van der Waals surface area contributed by atoms with Crippen LogP contribution in [0, 0.1) is 13.8 Å². The highest BCUT2D eigenvalue weighted by molar-refractivity contribution is 7.10. The van der Waals surface area contributed by atoms with Gasteiger partial charge in [-0.25, -0.2) is 0 Å². The molecular weight excluding hydrogens is 424 g/mol. The Morgan fingerprint density at radius 3 is 2.45 bits per heavy atom. The van der Waals surface area contributed by atoms with Gasteiger partial charge in [-0.15, -0.1) is 22.7 Å². The summed E-state index contributed by atoms with van der Waals surface area (Å²) in [4.78, 5) is 30.9. The lowest BCUT2D eigenvalue weighted by atomic mass is 10.0. The Morgan fingerprint density at radius 1 is 1.06 bits per heavy atom. The van der Waals surface area contributed by atoms with Crippen LogP contribution in [0.15, 0.2) is 53.2 Å². The zero-order valence-electron chi connectivity index (χ0n) is 18.0. The van der Waals surface area contributed by atoms with Gasteiger partial charge < -0.3 is 5.32 Å². The minimum atomic E-state index is -0.672. The van der Waals surface area contributed by atoms with Crippen LogP contribution in [0.5, 0.6) is 0 Å². The Labute approximate surface area is 191 Å². The van der Waals surface area contributed by atoms with E-state index in [4.69, 9.17) is 0 Å². The summed E-state index contributed by atoms with van der Waals surface area (Å²) >= 11 is 3.09. The number of anilines is 1. The smallest absolute Gasteiger partial charge is 0.248 e. The highest BCUT2D eigenvalue weighted by Gasteiger charge is 2.35. The van der Waals surface area contributed by atoms with Gasteiger partial charge >= 0.3 is 0 Å². The number of rotatable bonds is 7. The second-order valence-corrected chi connectivity index (χ2v) is 10.2. The van der Waals surface area contributed by atoms with Crippen molar-refractivity contribution in [3.8, 4) is 0 Å². The van der Waals surface area contributed by atoms with E-state index in [0.29, 0.717) is 0 Å². The largest absolute Gasteiger partial charge is 0.351 e. The normalized spacial score (nSPS) is 15.0. The van der Waals surface area contributed by atoms with E-state index in [1.807, 2.05) is 61.0 Å². The van der Waals surface area contributed by atoms with Gasteiger partial charge in [0.15, 0.2) is 0 Å². The lowest BCUT2D eigenvalue weighted by Gasteiger charge is -2.32.